The molecule has 1 N–H and O–H groups in total. The Hall–Kier alpha value is -2.57. The fraction of sp³-hybridized carbons (Fsp3) is 0.571. The molecule has 146 valence electrons. The summed E-state index contributed by atoms with van der Waals surface area (Å²) in [5, 5.41) is 16.1. The number of carbonyl (C=O) groups is 2. The van der Waals surface area contributed by atoms with Gasteiger partial charge >= 0.3 is 0 Å². The largest absolute Gasteiger partial charge is 0.326 e. The first-order chi connectivity index (χ1) is 13.4. The fourth-order valence-corrected chi connectivity index (χ4v) is 6.25. The van der Waals surface area contributed by atoms with Gasteiger partial charge in [-0.05, 0) is 93.7 Å². The molecule has 4 aliphatic carbocycles. The number of benzene rings is 1. The summed E-state index contributed by atoms with van der Waals surface area (Å²) in [6.45, 7) is 3.40. The number of aromatic nitrogens is 4. The molecule has 7 nitrogen and oxygen atoms in total. The van der Waals surface area contributed by atoms with Gasteiger partial charge in [-0.15, -0.1) is 10.2 Å². The highest BCUT2D eigenvalue weighted by molar-refractivity contribution is 5.97. The average Bonchev–Trinajstić information content (AvgIpc) is 3.08. The van der Waals surface area contributed by atoms with Crippen LogP contribution in [0.25, 0.3) is 0 Å². The normalized spacial score (nSPS) is 33.1. The zero-order chi connectivity index (χ0) is 19.5. The van der Waals surface area contributed by atoms with Crippen molar-refractivity contribution in [3.63, 3.8) is 0 Å². The smallest absolute Gasteiger partial charge is 0.230 e. The maximum absolute atomic E-state index is 13.4. The fourth-order valence-electron chi connectivity index (χ4n) is 6.25. The molecule has 4 bridgehead atoms. The number of tetrazole rings is 1. The van der Waals surface area contributed by atoms with Crippen molar-refractivity contribution in [2.24, 2.45) is 17.3 Å². The first-order valence-electron chi connectivity index (χ1n) is 10.1. The quantitative estimate of drug-likeness (QED) is 0.825. The van der Waals surface area contributed by atoms with Crippen LogP contribution in [0.1, 0.15) is 61.6 Å². The third-order valence-corrected chi connectivity index (χ3v) is 7.00. The second-order valence-electron chi connectivity index (χ2n) is 9.18. The summed E-state index contributed by atoms with van der Waals surface area (Å²) in [5.74, 6) is 1.88. The van der Waals surface area contributed by atoms with E-state index in [9.17, 15) is 9.59 Å². The maximum Gasteiger partial charge on any atom is 0.230 e. The number of hydrogen-bond acceptors (Lipinski definition) is 5. The molecule has 0 aliphatic heterocycles. The molecular formula is C21H25N5O2. The predicted molar refractivity (Wildman–Crippen MR) is 103 cm³/mol. The molecule has 1 aromatic carbocycles. The number of ketones is 1. The Morgan fingerprint density at radius 1 is 1.11 bits per heavy atom. The van der Waals surface area contributed by atoms with Crippen molar-refractivity contribution in [3.8, 4) is 0 Å². The van der Waals surface area contributed by atoms with Gasteiger partial charge in [0.15, 0.2) is 11.6 Å². The Kier molecular flexibility index (Phi) is 3.73. The van der Waals surface area contributed by atoms with Crippen molar-refractivity contribution >= 4 is 17.4 Å². The van der Waals surface area contributed by atoms with E-state index in [2.05, 4.69) is 20.7 Å². The van der Waals surface area contributed by atoms with E-state index in [1.165, 1.54) is 6.42 Å². The summed E-state index contributed by atoms with van der Waals surface area (Å²) in [6.07, 6.45) is 5.95. The van der Waals surface area contributed by atoms with Crippen molar-refractivity contribution in [2.75, 3.05) is 5.32 Å². The predicted octanol–water partition coefficient (Wildman–Crippen LogP) is 3.12. The second kappa shape index (κ2) is 5.96. The van der Waals surface area contributed by atoms with Gasteiger partial charge in [0.1, 0.15) is 0 Å². The number of Topliss-reactive ketones (excluding diaryl/α,β-unsaturated/α-hetero) is 1. The second-order valence-corrected chi connectivity index (χ2v) is 9.18. The Morgan fingerprint density at radius 3 is 2.36 bits per heavy atom. The van der Waals surface area contributed by atoms with Gasteiger partial charge in [-0.2, -0.15) is 4.80 Å². The van der Waals surface area contributed by atoms with E-state index in [0.29, 0.717) is 23.2 Å². The summed E-state index contributed by atoms with van der Waals surface area (Å²) in [6, 6.07) is 7.16. The molecule has 1 heterocycles. The van der Waals surface area contributed by atoms with E-state index in [1.807, 2.05) is 23.9 Å². The van der Waals surface area contributed by atoms with Crippen LogP contribution in [-0.2, 0) is 10.3 Å². The number of anilines is 1. The molecule has 6 rings (SSSR count). The highest BCUT2D eigenvalue weighted by atomic mass is 16.2. The Labute approximate surface area is 163 Å². The molecule has 2 unspecified atom stereocenters. The highest BCUT2D eigenvalue weighted by Crippen LogP contribution is 2.64. The third kappa shape index (κ3) is 2.67. The van der Waals surface area contributed by atoms with Crippen LogP contribution in [0.5, 0.6) is 0 Å². The first kappa shape index (κ1) is 17.5. The van der Waals surface area contributed by atoms with Gasteiger partial charge in [-0.3, -0.25) is 9.59 Å². The monoisotopic (exact) mass is 379 g/mol. The zero-order valence-corrected chi connectivity index (χ0v) is 16.3. The van der Waals surface area contributed by atoms with E-state index < -0.39 is 0 Å². The topological polar surface area (TPSA) is 89.8 Å². The Morgan fingerprint density at radius 2 is 1.79 bits per heavy atom. The summed E-state index contributed by atoms with van der Waals surface area (Å²) >= 11 is 0. The number of rotatable bonds is 4. The van der Waals surface area contributed by atoms with Gasteiger partial charge < -0.3 is 5.32 Å². The van der Waals surface area contributed by atoms with Crippen LogP contribution in [0.15, 0.2) is 24.3 Å². The molecule has 1 aromatic heterocycles. The van der Waals surface area contributed by atoms with Gasteiger partial charge in [-0.1, -0.05) is 0 Å². The Balaban J connectivity index is 1.42. The molecule has 0 saturated heterocycles. The standard InChI is InChI=1S/C21H25N5O2/c1-13(27)17-3-5-18(6-4-17)22-19(28)20-8-15-7-16(9-20)11-21(10-15,12-20)26-24-14(2)23-25-26/h3-6,15-16H,7-12H2,1-2H3,(H,22,28)/t15-,16+,20?,21?. The third-order valence-electron chi connectivity index (χ3n) is 7.00. The van der Waals surface area contributed by atoms with Crippen LogP contribution in [0.3, 0.4) is 0 Å². The number of nitrogens with one attached hydrogen (secondary N) is 1. The van der Waals surface area contributed by atoms with E-state index in [0.717, 1.165) is 37.8 Å². The van der Waals surface area contributed by atoms with Crippen LogP contribution < -0.4 is 5.32 Å². The minimum atomic E-state index is -0.370. The van der Waals surface area contributed by atoms with Gasteiger partial charge in [0, 0.05) is 11.3 Å². The van der Waals surface area contributed by atoms with E-state index in [1.54, 1.807) is 19.1 Å². The zero-order valence-electron chi connectivity index (χ0n) is 16.3. The van der Waals surface area contributed by atoms with Gasteiger partial charge in [0.2, 0.25) is 5.91 Å². The number of hydrogen-bond donors (Lipinski definition) is 1. The number of aryl methyl sites for hydroxylation is 1. The Bertz CT molecular complexity index is 934. The lowest BCUT2D eigenvalue weighted by molar-refractivity contribution is -0.152. The molecular weight excluding hydrogens is 354 g/mol. The SMILES string of the molecule is CC(=O)c1ccc(NC(=O)C23C[C@H]4C[C@@H](C2)CC(n2nnc(C)n2)(C4)C3)cc1. The lowest BCUT2D eigenvalue weighted by Crippen LogP contribution is -2.60. The molecule has 2 aromatic rings. The van der Waals surface area contributed by atoms with Gasteiger partial charge in [-0.25, -0.2) is 0 Å². The molecule has 0 radical (unpaired) electrons. The molecule has 4 aliphatic rings. The van der Waals surface area contributed by atoms with Crippen LogP contribution in [0.2, 0.25) is 0 Å². The summed E-state index contributed by atoms with van der Waals surface area (Å²) in [4.78, 5) is 26.7. The van der Waals surface area contributed by atoms with Crippen molar-refractivity contribution in [1.29, 1.82) is 0 Å². The molecule has 4 atom stereocenters. The first-order valence-corrected chi connectivity index (χ1v) is 10.1. The highest BCUT2D eigenvalue weighted by Gasteiger charge is 2.62. The number of carbonyl (C=O) groups excluding carboxylic acids is 2. The molecule has 1 amide bonds. The van der Waals surface area contributed by atoms with Crippen LogP contribution >= 0.6 is 0 Å². The van der Waals surface area contributed by atoms with Crippen molar-refractivity contribution in [1.82, 2.24) is 20.2 Å². The van der Waals surface area contributed by atoms with Crippen molar-refractivity contribution in [3.05, 3.63) is 35.7 Å². The minimum absolute atomic E-state index is 0.0246. The van der Waals surface area contributed by atoms with Crippen molar-refractivity contribution < 1.29 is 9.59 Å². The molecule has 4 fully saturated rings. The average molecular weight is 379 g/mol. The molecule has 28 heavy (non-hydrogen) atoms. The summed E-state index contributed by atoms with van der Waals surface area (Å²) in [5.41, 5.74) is 0.848. The number of nitrogens with zero attached hydrogens (tertiary/aromatic N) is 4. The molecule has 4 saturated carbocycles. The van der Waals surface area contributed by atoms with Crippen LogP contribution in [0.4, 0.5) is 5.69 Å². The summed E-state index contributed by atoms with van der Waals surface area (Å²) in [7, 11) is 0. The number of amides is 1. The molecule has 7 heteroatoms. The summed E-state index contributed by atoms with van der Waals surface area (Å²) < 4.78 is 0. The lowest BCUT2D eigenvalue weighted by atomic mass is 9.46. The van der Waals surface area contributed by atoms with E-state index >= 15 is 0 Å². The molecule has 0 spiro atoms. The van der Waals surface area contributed by atoms with E-state index in [4.69, 9.17) is 0 Å². The van der Waals surface area contributed by atoms with Gasteiger partial charge in [0.05, 0.1) is 11.0 Å². The minimum Gasteiger partial charge on any atom is -0.326 e. The lowest BCUT2D eigenvalue weighted by Gasteiger charge is -2.60. The van der Waals surface area contributed by atoms with Crippen LogP contribution in [0, 0.1) is 24.2 Å². The van der Waals surface area contributed by atoms with E-state index in [-0.39, 0.29) is 22.6 Å². The van der Waals surface area contributed by atoms with Crippen molar-refractivity contribution in [2.45, 2.75) is 57.9 Å². The van der Waals surface area contributed by atoms with Crippen LogP contribution in [-0.4, -0.2) is 31.9 Å². The maximum atomic E-state index is 13.4. The van der Waals surface area contributed by atoms with Gasteiger partial charge in [0.25, 0.3) is 0 Å².